The lowest BCUT2D eigenvalue weighted by Gasteiger charge is -2.22. The van der Waals surface area contributed by atoms with Gasteiger partial charge in [0.1, 0.15) is 22.1 Å². The second kappa shape index (κ2) is 8.07. The predicted molar refractivity (Wildman–Crippen MR) is 127 cm³/mol. The smallest absolute Gasteiger partial charge is 0.301 e. The van der Waals surface area contributed by atoms with Gasteiger partial charge in [-0.25, -0.2) is 4.98 Å². The molecule has 0 spiro atoms. The van der Waals surface area contributed by atoms with E-state index >= 15 is 0 Å². The lowest BCUT2D eigenvalue weighted by molar-refractivity contribution is -0.132. The Hall–Kier alpha value is -4.05. The van der Waals surface area contributed by atoms with Crippen molar-refractivity contribution >= 4 is 39.6 Å². The fourth-order valence-electron chi connectivity index (χ4n) is 4.21. The van der Waals surface area contributed by atoms with Gasteiger partial charge in [0.25, 0.3) is 5.78 Å². The maximum Gasteiger partial charge on any atom is 0.301 e. The molecule has 0 saturated carbocycles. The molecule has 1 aromatic carbocycles. The second-order valence-corrected chi connectivity index (χ2v) is 9.14. The molecular formula is C24H21N5O4S. The number of carbonyl (C=O) groups is 2. The third kappa shape index (κ3) is 3.26. The van der Waals surface area contributed by atoms with Crippen molar-refractivity contribution in [2.45, 2.75) is 26.8 Å². The molecule has 1 unspecified atom stereocenters. The van der Waals surface area contributed by atoms with Crippen molar-refractivity contribution in [3.63, 3.8) is 0 Å². The number of pyridine rings is 1. The summed E-state index contributed by atoms with van der Waals surface area (Å²) in [5.74, 6) is -1.39. The van der Waals surface area contributed by atoms with E-state index < -0.39 is 17.7 Å². The number of aliphatic hydroxyl groups is 1. The molecule has 1 N–H and O–H groups in total. The van der Waals surface area contributed by atoms with Crippen LogP contribution in [0.2, 0.25) is 0 Å². The first-order valence-electron chi connectivity index (χ1n) is 10.5. The van der Waals surface area contributed by atoms with E-state index in [0.717, 1.165) is 5.56 Å². The zero-order valence-corrected chi connectivity index (χ0v) is 19.8. The maximum absolute atomic E-state index is 13.3. The number of nitrogens with zero attached hydrogens (tertiary/aromatic N) is 5. The highest BCUT2D eigenvalue weighted by molar-refractivity contribution is 7.15. The number of rotatable bonds is 4. The van der Waals surface area contributed by atoms with Gasteiger partial charge in [0.2, 0.25) is 5.13 Å². The molecule has 10 heteroatoms. The van der Waals surface area contributed by atoms with Crippen LogP contribution in [0.3, 0.4) is 0 Å². The highest BCUT2D eigenvalue weighted by Crippen LogP contribution is 2.43. The summed E-state index contributed by atoms with van der Waals surface area (Å²) in [5.41, 5.74) is 3.00. The maximum atomic E-state index is 13.3. The van der Waals surface area contributed by atoms with Crippen LogP contribution >= 0.6 is 11.3 Å². The number of carbonyl (C=O) groups excluding carboxylic acids is 2. The molecule has 0 bridgehead atoms. The first-order valence-corrected chi connectivity index (χ1v) is 11.3. The number of ketones is 1. The van der Waals surface area contributed by atoms with Crippen LogP contribution in [0.1, 0.15) is 33.6 Å². The van der Waals surface area contributed by atoms with E-state index in [1.165, 1.54) is 23.3 Å². The van der Waals surface area contributed by atoms with Crippen molar-refractivity contribution in [2.24, 2.45) is 0 Å². The molecule has 0 aliphatic carbocycles. The number of aryl methyl sites for hydroxylation is 3. The Morgan fingerprint density at radius 2 is 1.91 bits per heavy atom. The number of hydrogen-bond donors (Lipinski definition) is 1. The number of benzene rings is 1. The zero-order chi connectivity index (χ0) is 24.1. The van der Waals surface area contributed by atoms with E-state index in [4.69, 9.17) is 4.74 Å². The van der Waals surface area contributed by atoms with Crippen LogP contribution in [0.5, 0.6) is 5.75 Å². The van der Waals surface area contributed by atoms with Gasteiger partial charge >= 0.3 is 5.91 Å². The van der Waals surface area contributed by atoms with Crippen LogP contribution in [0.4, 0.5) is 5.13 Å². The number of ether oxygens (including phenoxy) is 1. The van der Waals surface area contributed by atoms with Crippen LogP contribution in [0, 0.1) is 20.8 Å². The number of amides is 1. The van der Waals surface area contributed by atoms with Gasteiger partial charge in [-0.1, -0.05) is 29.5 Å². The Bertz CT molecular complexity index is 1500. The van der Waals surface area contributed by atoms with Gasteiger partial charge in [-0.3, -0.25) is 14.5 Å². The summed E-state index contributed by atoms with van der Waals surface area (Å²) in [7, 11) is 1.53. The molecule has 5 rings (SSSR count). The number of Topliss-reactive ketones (excluding diaryl/α,β-unsaturated/α-hetero) is 1. The summed E-state index contributed by atoms with van der Waals surface area (Å²) in [5, 5.41) is 20.5. The number of methoxy groups -OCH3 is 1. The van der Waals surface area contributed by atoms with E-state index in [1.807, 2.05) is 29.7 Å². The van der Waals surface area contributed by atoms with Gasteiger partial charge in [0, 0.05) is 6.20 Å². The normalized spacial score (nSPS) is 17.6. The zero-order valence-electron chi connectivity index (χ0n) is 18.9. The Balaban J connectivity index is 1.78. The molecule has 1 atom stereocenters. The number of imidazole rings is 1. The lowest BCUT2D eigenvalue weighted by Crippen LogP contribution is -2.29. The van der Waals surface area contributed by atoms with E-state index in [1.54, 1.807) is 38.1 Å². The minimum Gasteiger partial charge on any atom is -0.505 e. The number of aliphatic hydroxyl groups excluding tert-OH is 1. The molecule has 1 aliphatic heterocycles. The highest BCUT2D eigenvalue weighted by Gasteiger charge is 2.48. The van der Waals surface area contributed by atoms with E-state index in [2.05, 4.69) is 15.2 Å². The molecule has 1 saturated heterocycles. The predicted octanol–water partition coefficient (Wildman–Crippen LogP) is 3.75. The van der Waals surface area contributed by atoms with E-state index in [0.29, 0.717) is 27.7 Å². The SMILES string of the molecule is COc1cccc(C2C(=C(O)c3nc4c(C)cccn4c3C)C(=O)C(=O)N2c2nnc(C)s2)c1. The molecule has 4 heterocycles. The third-order valence-corrected chi connectivity index (χ3v) is 6.72. The summed E-state index contributed by atoms with van der Waals surface area (Å²) < 4.78 is 7.20. The topological polar surface area (TPSA) is 110 Å². The largest absolute Gasteiger partial charge is 0.505 e. The van der Waals surface area contributed by atoms with Crippen molar-refractivity contribution in [3.05, 3.63) is 75.7 Å². The summed E-state index contributed by atoms with van der Waals surface area (Å²) in [4.78, 5) is 32.4. The van der Waals surface area contributed by atoms with Crippen molar-refractivity contribution < 1.29 is 19.4 Å². The van der Waals surface area contributed by atoms with Crippen LogP contribution < -0.4 is 9.64 Å². The quantitative estimate of drug-likeness (QED) is 0.272. The minimum atomic E-state index is -0.923. The van der Waals surface area contributed by atoms with Gasteiger partial charge in [-0.05, 0) is 50.1 Å². The number of fused-ring (bicyclic) bond motifs is 1. The molecule has 172 valence electrons. The van der Waals surface area contributed by atoms with Gasteiger partial charge in [-0.15, -0.1) is 10.2 Å². The number of hydrogen-bond acceptors (Lipinski definition) is 8. The summed E-state index contributed by atoms with van der Waals surface area (Å²) >= 11 is 1.19. The van der Waals surface area contributed by atoms with Crippen LogP contribution in [-0.2, 0) is 9.59 Å². The Morgan fingerprint density at radius 3 is 2.59 bits per heavy atom. The average Bonchev–Trinajstić information content (AvgIpc) is 3.49. The third-order valence-electron chi connectivity index (χ3n) is 5.88. The van der Waals surface area contributed by atoms with Crippen molar-refractivity contribution in [2.75, 3.05) is 12.0 Å². The van der Waals surface area contributed by atoms with Crippen molar-refractivity contribution in [1.29, 1.82) is 0 Å². The number of anilines is 1. The fourth-order valence-corrected chi connectivity index (χ4v) is 4.93. The minimum absolute atomic E-state index is 0.0599. The molecule has 1 fully saturated rings. The lowest BCUT2D eigenvalue weighted by atomic mass is 9.96. The summed E-state index contributed by atoms with van der Waals surface area (Å²) in [6.45, 7) is 5.48. The molecule has 34 heavy (non-hydrogen) atoms. The van der Waals surface area contributed by atoms with Crippen molar-refractivity contribution in [3.8, 4) is 5.75 Å². The van der Waals surface area contributed by atoms with Crippen molar-refractivity contribution in [1.82, 2.24) is 19.6 Å². The molecule has 4 aromatic rings. The second-order valence-electron chi connectivity index (χ2n) is 7.98. The first kappa shape index (κ1) is 21.8. The van der Waals surface area contributed by atoms with Gasteiger partial charge < -0.3 is 14.2 Å². The fraction of sp³-hybridized carbons (Fsp3) is 0.208. The first-order chi connectivity index (χ1) is 16.3. The summed E-state index contributed by atoms with van der Waals surface area (Å²) in [6.07, 6.45) is 1.84. The van der Waals surface area contributed by atoms with Gasteiger partial charge in [-0.2, -0.15) is 0 Å². The van der Waals surface area contributed by atoms with Crippen LogP contribution in [0.25, 0.3) is 11.4 Å². The van der Waals surface area contributed by atoms with Gasteiger partial charge in [0.15, 0.2) is 5.76 Å². The molecule has 9 nitrogen and oxygen atoms in total. The average molecular weight is 476 g/mol. The highest BCUT2D eigenvalue weighted by atomic mass is 32.1. The summed E-state index contributed by atoms with van der Waals surface area (Å²) in [6, 6.07) is 9.90. The molecule has 1 aliphatic rings. The number of aromatic nitrogens is 4. The molecule has 0 radical (unpaired) electrons. The Labute approximate surface area is 199 Å². The molecular weight excluding hydrogens is 454 g/mol. The van der Waals surface area contributed by atoms with E-state index in [-0.39, 0.29) is 22.2 Å². The standard InChI is InChI=1S/C24H21N5O4S/c1-12-7-6-10-28-13(2)18(25-22(12)28)20(30)17-19(15-8-5-9-16(11-15)33-4)29(23(32)21(17)31)24-27-26-14(3)34-24/h5-11,19,30H,1-4H3. The Morgan fingerprint density at radius 1 is 1.12 bits per heavy atom. The van der Waals surface area contributed by atoms with E-state index in [9.17, 15) is 14.7 Å². The molecule has 1 amide bonds. The van der Waals surface area contributed by atoms with Gasteiger partial charge in [0.05, 0.1) is 24.4 Å². The Kier molecular flexibility index (Phi) is 5.17. The monoisotopic (exact) mass is 475 g/mol. The van der Waals surface area contributed by atoms with Crippen LogP contribution in [0.15, 0.2) is 48.2 Å². The molecule has 3 aromatic heterocycles. The van der Waals surface area contributed by atoms with Crippen LogP contribution in [-0.4, -0.2) is 43.5 Å².